The van der Waals surface area contributed by atoms with E-state index < -0.39 is 6.10 Å². The van der Waals surface area contributed by atoms with Crippen molar-refractivity contribution in [3.63, 3.8) is 0 Å². The van der Waals surface area contributed by atoms with E-state index >= 15 is 0 Å². The van der Waals surface area contributed by atoms with Crippen LogP contribution in [0.15, 0.2) is 0 Å². The molecule has 0 saturated carbocycles. The molecule has 1 aliphatic rings. The first-order valence-electron chi connectivity index (χ1n) is 4.55. The molecule has 0 aromatic carbocycles. The molecular weight excluding hydrogens is 156 g/mol. The summed E-state index contributed by atoms with van der Waals surface area (Å²) in [7, 11) is 0. The molecule has 0 aromatic rings. The zero-order valence-corrected chi connectivity index (χ0v) is 7.62. The number of carbonyl (C=O) groups excluding carboxylic acids is 1. The second-order valence-electron chi connectivity index (χ2n) is 3.38. The Balaban J connectivity index is 2.46. The van der Waals surface area contributed by atoms with E-state index in [1.54, 1.807) is 6.92 Å². The van der Waals surface area contributed by atoms with Gasteiger partial charge in [-0.3, -0.25) is 4.79 Å². The summed E-state index contributed by atoms with van der Waals surface area (Å²) in [6.45, 7) is 3.80. The first-order chi connectivity index (χ1) is 5.66. The average Bonchev–Trinajstić information content (AvgIpc) is 2.25. The Morgan fingerprint density at radius 3 is 2.67 bits per heavy atom. The van der Waals surface area contributed by atoms with E-state index in [4.69, 9.17) is 4.74 Å². The molecule has 0 aromatic heterocycles. The summed E-state index contributed by atoms with van der Waals surface area (Å²) in [6, 6.07) is 0. The van der Waals surface area contributed by atoms with E-state index in [1.807, 2.05) is 0 Å². The summed E-state index contributed by atoms with van der Waals surface area (Å²) in [4.78, 5) is 11.1. The number of hydrogen-bond acceptors (Lipinski definition) is 3. The lowest BCUT2D eigenvalue weighted by atomic mass is 9.96. The molecule has 0 aliphatic carbocycles. The molecule has 70 valence electrons. The Bertz CT molecular complexity index is 167. The Morgan fingerprint density at radius 2 is 2.25 bits per heavy atom. The summed E-state index contributed by atoms with van der Waals surface area (Å²) in [6.07, 6.45) is 1.86. The molecule has 1 saturated heterocycles. The zero-order valence-electron chi connectivity index (χ0n) is 7.62. The number of rotatable bonds is 3. The van der Waals surface area contributed by atoms with Gasteiger partial charge in [-0.25, -0.2) is 0 Å². The number of aliphatic hydroxyl groups excluding tert-OH is 1. The van der Waals surface area contributed by atoms with Crippen molar-refractivity contribution in [2.75, 3.05) is 0 Å². The van der Waals surface area contributed by atoms with Crippen LogP contribution < -0.4 is 0 Å². The number of aliphatic hydroxyl groups is 1. The second-order valence-corrected chi connectivity index (χ2v) is 3.38. The van der Waals surface area contributed by atoms with Crippen LogP contribution in [0.5, 0.6) is 0 Å². The molecule has 0 spiro atoms. The van der Waals surface area contributed by atoms with Crippen molar-refractivity contribution in [3.8, 4) is 0 Å². The lowest BCUT2D eigenvalue weighted by Gasteiger charge is -2.10. The predicted molar refractivity (Wildman–Crippen MR) is 44.6 cm³/mol. The van der Waals surface area contributed by atoms with Gasteiger partial charge in [0.05, 0.1) is 5.92 Å². The van der Waals surface area contributed by atoms with Crippen LogP contribution in [0.4, 0.5) is 0 Å². The lowest BCUT2D eigenvalue weighted by molar-refractivity contribution is -0.143. The summed E-state index contributed by atoms with van der Waals surface area (Å²) in [5.74, 6) is -0.511. The number of cyclic esters (lactones) is 1. The van der Waals surface area contributed by atoms with Crippen molar-refractivity contribution in [1.82, 2.24) is 0 Å². The van der Waals surface area contributed by atoms with Crippen molar-refractivity contribution in [3.05, 3.63) is 0 Å². The van der Waals surface area contributed by atoms with Crippen LogP contribution in [0, 0.1) is 5.92 Å². The first-order valence-corrected chi connectivity index (χ1v) is 4.55. The van der Waals surface area contributed by atoms with Crippen molar-refractivity contribution < 1.29 is 14.6 Å². The average molecular weight is 172 g/mol. The van der Waals surface area contributed by atoms with Crippen molar-refractivity contribution in [1.29, 1.82) is 0 Å². The third-order valence-electron chi connectivity index (χ3n) is 2.37. The highest BCUT2D eigenvalue weighted by Crippen LogP contribution is 2.25. The highest BCUT2D eigenvalue weighted by atomic mass is 16.6. The number of hydrogen-bond donors (Lipinski definition) is 1. The van der Waals surface area contributed by atoms with E-state index in [0.29, 0.717) is 0 Å². The normalized spacial score (nSPS) is 35.2. The molecule has 3 nitrogen and oxygen atoms in total. The van der Waals surface area contributed by atoms with Gasteiger partial charge < -0.3 is 9.84 Å². The van der Waals surface area contributed by atoms with Crippen molar-refractivity contribution in [2.24, 2.45) is 5.92 Å². The molecule has 0 bridgehead atoms. The van der Waals surface area contributed by atoms with Crippen molar-refractivity contribution >= 4 is 5.97 Å². The smallest absolute Gasteiger partial charge is 0.312 e. The highest BCUT2D eigenvalue weighted by molar-refractivity contribution is 5.75. The van der Waals surface area contributed by atoms with Crippen molar-refractivity contribution in [2.45, 2.75) is 45.3 Å². The van der Waals surface area contributed by atoms with Gasteiger partial charge in [0.15, 0.2) is 0 Å². The third-order valence-corrected chi connectivity index (χ3v) is 2.37. The largest absolute Gasteiger partial charge is 0.460 e. The number of ether oxygens (including phenoxy) is 1. The Labute approximate surface area is 72.7 Å². The van der Waals surface area contributed by atoms with Gasteiger partial charge >= 0.3 is 5.97 Å². The van der Waals surface area contributed by atoms with Crippen LogP contribution in [-0.2, 0) is 9.53 Å². The van der Waals surface area contributed by atoms with Gasteiger partial charge in [-0.15, -0.1) is 0 Å². The third kappa shape index (κ3) is 1.78. The molecule has 12 heavy (non-hydrogen) atoms. The maximum atomic E-state index is 11.1. The van der Waals surface area contributed by atoms with E-state index in [2.05, 4.69) is 6.92 Å². The Hall–Kier alpha value is -0.570. The molecule has 1 unspecified atom stereocenters. The lowest BCUT2D eigenvalue weighted by Crippen LogP contribution is -2.24. The van der Waals surface area contributed by atoms with Gasteiger partial charge in [-0.2, -0.15) is 0 Å². The van der Waals surface area contributed by atoms with Crippen LogP contribution in [0.1, 0.15) is 33.1 Å². The summed E-state index contributed by atoms with van der Waals surface area (Å²) in [5, 5.41) is 9.51. The molecule has 3 heteroatoms. The van der Waals surface area contributed by atoms with E-state index in [1.165, 1.54) is 0 Å². The Morgan fingerprint density at radius 1 is 1.58 bits per heavy atom. The number of unbranched alkanes of at least 4 members (excludes halogenated alkanes) is 1. The maximum absolute atomic E-state index is 11.1. The van der Waals surface area contributed by atoms with Crippen LogP contribution >= 0.6 is 0 Å². The quantitative estimate of drug-likeness (QED) is 0.648. The SMILES string of the molecule is CCCCC1C(=O)O[C@@H](C)[C@@H]1O. The van der Waals surface area contributed by atoms with Crippen LogP contribution in [-0.4, -0.2) is 23.3 Å². The summed E-state index contributed by atoms with van der Waals surface area (Å²) in [5.41, 5.74) is 0. The minimum atomic E-state index is -0.593. The van der Waals surface area contributed by atoms with Crippen LogP contribution in [0.2, 0.25) is 0 Å². The molecule has 1 heterocycles. The number of carbonyl (C=O) groups is 1. The fourth-order valence-electron chi connectivity index (χ4n) is 1.52. The zero-order chi connectivity index (χ0) is 9.14. The van der Waals surface area contributed by atoms with Crippen LogP contribution in [0.25, 0.3) is 0 Å². The van der Waals surface area contributed by atoms with Gasteiger partial charge in [0, 0.05) is 0 Å². The second kappa shape index (κ2) is 3.90. The van der Waals surface area contributed by atoms with Gasteiger partial charge in [0.1, 0.15) is 12.2 Å². The Kier molecular flexibility index (Phi) is 3.09. The molecule has 0 radical (unpaired) electrons. The fraction of sp³-hybridized carbons (Fsp3) is 0.889. The van der Waals surface area contributed by atoms with Gasteiger partial charge in [0.25, 0.3) is 0 Å². The molecule has 1 rings (SSSR count). The minimum absolute atomic E-state index is 0.233. The fourth-order valence-corrected chi connectivity index (χ4v) is 1.52. The van der Waals surface area contributed by atoms with Gasteiger partial charge in [0.2, 0.25) is 0 Å². The summed E-state index contributed by atoms with van der Waals surface area (Å²) < 4.78 is 4.89. The van der Waals surface area contributed by atoms with Gasteiger partial charge in [-0.05, 0) is 13.3 Å². The van der Waals surface area contributed by atoms with Crippen LogP contribution in [0.3, 0.4) is 0 Å². The monoisotopic (exact) mass is 172 g/mol. The van der Waals surface area contributed by atoms with E-state index in [0.717, 1.165) is 19.3 Å². The molecular formula is C9H16O3. The molecule has 3 atom stereocenters. The molecule has 1 N–H and O–H groups in total. The first kappa shape index (κ1) is 9.52. The molecule has 1 aliphatic heterocycles. The highest BCUT2D eigenvalue weighted by Gasteiger charge is 2.40. The van der Waals surface area contributed by atoms with E-state index in [9.17, 15) is 9.90 Å². The minimum Gasteiger partial charge on any atom is -0.460 e. The number of esters is 1. The summed E-state index contributed by atoms with van der Waals surface area (Å²) >= 11 is 0. The molecule has 1 fully saturated rings. The maximum Gasteiger partial charge on any atom is 0.312 e. The standard InChI is InChI=1S/C9H16O3/c1-3-4-5-7-8(10)6(2)12-9(7)11/h6-8,10H,3-5H2,1-2H3/t6-,7?,8-/m0/s1. The van der Waals surface area contributed by atoms with E-state index in [-0.39, 0.29) is 18.0 Å². The topological polar surface area (TPSA) is 46.5 Å². The van der Waals surface area contributed by atoms with Gasteiger partial charge in [-0.1, -0.05) is 19.8 Å². The predicted octanol–water partition coefficient (Wildman–Crippen LogP) is 1.10. The molecule has 0 amide bonds.